The van der Waals surface area contributed by atoms with Gasteiger partial charge in [-0.15, -0.1) is 5.10 Å². The molecule has 6 heteroatoms. The third-order valence-corrected chi connectivity index (χ3v) is 4.10. The van der Waals surface area contributed by atoms with Gasteiger partial charge in [-0.1, -0.05) is 0 Å². The molecule has 2 aromatic heterocycles. The highest BCUT2D eigenvalue weighted by atomic mass is 127. The third kappa shape index (κ3) is 2.44. The number of aliphatic hydroxyl groups is 1. The highest BCUT2D eigenvalue weighted by Crippen LogP contribution is 2.21. The predicted molar refractivity (Wildman–Crippen MR) is 77.6 cm³/mol. The van der Waals surface area contributed by atoms with Crippen molar-refractivity contribution < 1.29 is 5.11 Å². The van der Waals surface area contributed by atoms with Gasteiger partial charge in [0.2, 0.25) is 0 Å². The van der Waals surface area contributed by atoms with Crippen LogP contribution in [-0.4, -0.2) is 31.9 Å². The number of fused-ring (bicyclic) bond motifs is 1. The van der Waals surface area contributed by atoms with E-state index in [1.807, 2.05) is 22.8 Å². The van der Waals surface area contributed by atoms with Crippen LogP contribution >= 0.6 is 22.6 Å². The topological polar surface area (TPSA) is 62.5 Å². The number of anilines is 1. The number of nitrogens with one attached hydrogen (secondary N) is 1. The Bertz CT molecular complexity index is 548. The van der Waals surface area contributed by atoms with E-state index in [4.69, 9.17) is 0 Å². The van der Waals surface area contributed by atoms with Gasteiger partial charge in [0.15, 0.2) is 5.65 Å². The quantitative estimate of drug-likeness (QED) is 0.807. The van der Waals surface area contributed by atoms with Crippen LogP contribution in [0.5, 0.6) is 0 Å². The molecule has 0 unspecified atom stereocenters. The molecule has 1 fully saturated rings. The fourth-order valence-electron chi connectivity index (χ4n) is 2.35. The van der Waals surface area contributed by atoms with Crippen LogP contribution < -0.4 is 5.32 Å². The molecule has 2 heterocycles. The molecule has 0 bridgehead atoms. The zero-order valence-corrected chi connectivity index (χ0v) is 12.0. The van der Waals surface area contributed by atoms with E-state index in [0.29, 0.717) is 6.04 Å². The minimum atomic E-state index is -0.118. The Labute approximate surface area is 119 Å². The highest BCUT2D eigenvalue weighted by molar-refractivity contribution is 14.1. The smallest absolute Gasteiger partial charge is 0.154 e. The number of aliphatic hydroxyl groups excluding tert-OH is 1. The van der Waals surface area contributed by atoms with Gasteiger partial charge in [0.05, 0.1) is 12.3 Å². The lowest BCUT2D eigenvalue weighted by molar-refractivity contribution is 0.126. The highest BCUT2D eigenvalue weighted by Gasteiger charge is 2.19. The van der Waals surface area contributed by atoms with Crippen LogP contribution in [0.25, 0.3) is 5.65 Å². The van der Waals surface area contributed by atoms with Crippen LogP contribution in [0.1, 0.15) is 25.7 Å². The van der Waals surface area contributed by atoms with Gasteiger partial charge in [0, 0.05) is 6.04 Å². The van der Waals surface area contributed by atoms with Crippen molar-refractivity contribution in [2.24, 2.45) is 0 Å². The maximum atomic E-state index is 9.49. The number of hydrogen-bond acceptors (Lipinski definition) is 4. The lowest BCUT2D eigenvalue weighted by Gasteiger charge is -2.26. The summed E-state index contributed by atoms with van der Waals surface area (Å²) in [4.78, 5) is 4.25. The number of imidazole rings is 1. The SMILES string of the molecule is O[C@H]1CC[C@H](Nc2ccc3ncc(I)n3n2)CC1. The lowest BCUT2D eigenvalue weighted by Crippen LogP contribution is -2.28. The van der Waals surface area contributed by atoms with Crippen LogP contribution in [0.4, 0.5) is 5.82 Å². The average Bonchev–Trinajstić information content (AvgIpc) is 2.74. The van der Waals surface area contributed by atoms with Gasteiger partial charge in [0.1, 0.15) is 9.52 Å². The van der Waals surface area contributed by atoms with Crippen molar-refractivity contribution in [3.63, 3.8) is 0 Å². The van der Waals surface area contributed by atoms with E-state index in [-0.39, 0.29) is 6.10 Å². The molecule has 0 saturated heterocycles. The van der Waals surface area contributed by atoms with Crippen LogP contribution in [0.3, 0.4) is 0 Å². The molecule has 18 heavy (non-hydrogen) atoms. The van der Waals surface area contributed by atoms with Crippen molar-refractivity contribution in [3.05, 3.63) is 22.0 Å². The van der Waals surface area contributed by atoms with Gasteiger partial charge in [-0.2, -0.15) is 0 Å². The summed E-state index contributed by atoms with van der Waals surface area (Å²) in [6.07, 6.45) is 5.45. The van der Waals surface area contributed by atoms with Crippen LogP contribution in [0, 0.1) is 3.70 Å². The standard InChI is InChI=1S/C12H15IN4O/c13-10-7-14-12-6-5-11(16-17(10)12)15-8-1-3-9(18)4-2-8/h5-9,18H,1-4H2,(H,15,16)/t8-,9-. The first-order valence-corrected chi connectivity index (χ1v) is 7.25. The van der Waals surface area contributed by atoms with E-state index < -0.39 is 0 Å². The summed E-state index contributed by atoms with van der Waals surface area (Å²) in [6.45, 7) is 0. The molecule has 3 rings (SSSR count). The summed E-state index contributed by atoms with van der Waals surface area (Å²) in [5, 5.41) is 17.4. The van der Waals surface area contributed by atoms with Crippen LogP contribution in [0.2, 0.25) is 0 Å². The van der Waals surface area contributed by atoms with E-state index in [2.05, 4.69) is 38.0 Å². The molecule has 0 aliphatic heterocycles. The van der Waals surface area contributed by atoms with Crippen molar-refractivity contribution in [2.45, 2.75) is 37.8 Å². The van der Waals surface area contributed by atoms with Gasteiger partial charge < -0.3 is 10.4 Å². The summed E-state index contributed by atoms with van der Waals surface area (Å²) in [5.74, 6) is 0.875. The van der Waals surface area contributed by atoms with Crippen molar-refractivity contribution in [1.29, 1.82) is 0 Å². The molecule has 1 aliphatic carbocycles. The summed E-state index contributed by atoms with van der Waals surface area (Å²) >= 11 is 2.22. The summed E-state index contributed by atoms with van der Waals surface area (Å²) < 4.78 is 2.84. The molecular weight excluding hydrogens is 343 g/mol. The van der Waals surface area contributed by atoms with Crippen molar-refractivity contribution in [1.82, 2.24) is 14.6 Å². The Balaban J connectivity index is 1.76. The molecule has 2 N–H and O–H groups in total. The number of nitrogens with zero attached hydrogens (tertiary/aromatic N) is 3. The molecular formula is C12H15IN4O. The summed E-state index contributed by atoms with van der Waals surface area (Å²) in [7, 11) is 0. The second-order valence-electron chi connectivity index (χ2n) is 4.72. The zero-order valence-electron chi connectivity index (χ0n) is 9.88. The Kier molecular flexibility index (Phi) is 3.38. The predicted octanol–water partition coefficient (Wildman–Crippen LogP) is 2.05. The van der Waals surface area contributed by atoms with Crippen LogP contribution in [-0.2, 0) is 0 Å². The first-order chi connectivity index (χ1) is 8.72. The first-order valence-electron chi connectivity index (χ1n) is 6.17. The maximum Gasteiger partial charge on any atom is 0.154 e. The molecule has 0 amide bonds. The largest absolute Gasteiger partial charge is 0.393 e. The van der Waals surface area contributed by atoms with E-state index in [0.717, 1.165) is 40.8 Å². The van der Waals surface area contributed by atoms with Crippen molar-refractivity contribution in [3.8, 4) is 0 Å². The van der Waals surface area contributed by atoms with Crippen molar-refractivity contribution in [2.75, 3.05) is 5.32 Å². The first kappa shape index (κ1) is 12.2. The second kappa shape index (κ2) is 5.00. The van der Waals surface area contributed by atoms with Gasteiger partial charge in [-0.25, -0.2) is 9.50 Å². The molecule has 2 aromatic rings. The maximum absolute atomic E-state index is 9.49. The van der Waals surface area contributed by atoms with E-state index >= 15 is 0 Å². The molecule has 0 aromatic carbocycles. The molecule has 0 spiro atoms. The third-order valence-electron chi connectivity index (χ3n) is 3.37. The second-order valence-corrected chi connectivity index (χ2v) is 5.82. The minimum Gasteiger partial charge on any atom is -0.393 e. The fourth-order valence-corrected chi connectivity index (χ4v) is 2.85. The summed E-state index contributed by atoms with van der Waals surface area (Å²) in [5.41, 5.74) is 0.865. The van der Waals surface area contributed by atoms with Gasteiger partial charge in [0.25, 0.3) is 0 Å². The number of rotatable bonds is 2. The minimum absolute atomic E-state index is 0.118. The molecule has 5 nitrogen and oxygen atoms in total. The lowest BCUT2D eigenvalue weighted by atomic mass is 9.93. The average molecular weight is 358 g/mol. The number of halogens is 1. The van der Waals surface area contributed by atoms with Crippen LogP contribution in [0.15, 0.2) is 18.3 Å². The Morgan fingerprint density at radius 1 is 1.28 bits per heavy atom. The van der Waals surface area contributed by atoms with E-state index in [9.17, 15) is 5.11 Å². The molecule has 0 atom stereocenters. The normalized spacial score (nSPS) is 24.3. The van der Waals surface area contributed by atoms with Gasteiger partial charge >= 0.3 is 0 Å². The molecule has 0 radical (unpaired) electrons. The monoisotopic (exact) mass is 358 g/mol. The van der Waals surface area contributed by atoms with Gasteiger partial charge in [-0.3, -0.25) is 0 Å². The zero-order chi connectivity index (χ0) is 12.5. The Morgan fingerprint density at radius 2 is 2.06 bits per heavy atom. The Hall–Kier alpha value is -0.890. The number of aromatic nitrogens is 3. The molecule has 1 aliphatic rings. The van der Waals surface area contributed by atoms with Crippen molar-refractivity contribution >= 4 is 34.1 Å². The van der Waals surface area contributed by atoms with E-state index in [1.54, 1.807) is 0 Å². The fraction of sp³-hybridized carbons (Fsp3) is 0.500. The summed E-state index contributed by atoms with van der Waals surface area (Å²) in [6, 6.07) is 4.35. The van der Waals surface area contributed by atoms with E-state index in [1.165, 1.54) is 0 Å². The number of hydrogen-bond donors (Lipinski definition) is 2. The molecule has 1 saturated carbocycles. The Morgan fingerprint density at radius 3 is 2.83 bits per heavy atom. The molecule has 96 valence electrons. The van der Waals surface area contributed by atoms with Gasteiger partial charge in [-0.05, 0) is 60.4 Å².